The van der Waals surface area contributed by atoms with E-state index in [2.05, 4.69) is 30.1 Å². The summed E-state index contributed by atoms with van der Waals surface area (Å²) in [4.78, 5) is 44.2. The fourth-order valence-electron chi connectivity index (χ4n) is 4.49. The number of phosphoric acid groups is 1. The highest BCUT2D eigenvalue weighted by atomic mass is 32.2. The van der Waals surface area contributed by atoms with Gasteiger partial charge in [0.15, 0.2) is 0 Å². The summed E-state index contributed by atoms with van der Waals surface area (Å²) in [5, 5.41) is 13.6. The highest BCUT2D eigenvalue weighted by molar-refractivity contribution is 7.89. The molecule has 3 aromatic carbocycles. The average Bonchev–Trinajstić information content (AvgIpc) is 3.09. The van der Waals surface area contributed by atoms with Crippen LogP contribution in [0.2, 0.25) is 0 Å². The number of anilines is 1. The van der Waals surface area contributed by atoms with Crippen LogP contribution in [0.4, 0.5) is 21.5 Å². The molecular weight excluding hydrogens is 706 g/mol. The molecule has 18 heteroatoms. The van der Waals surface area contributed by atoms with Crippen molar-refractivity contribution in [2.24, 2.45) is 10.2 Å². The number of rotatable bonds is 22. The predicted octanol–water partition coefficient (Wildman–Crippen LogP) is 4.83. The molecule has 0 saturated heterocycles. The number of amides is 2. The van der Waals surface area contributed by atoms with Gasteiger partial charge in [0.2, 0.25) is 22.1 Å². The van der Waals surface area contributed by atoms with Crippen LogP contribution in [-0.2, 0) is 28.9 Å². The zero-order valence-electron chi connectivity index (χ0n) is 28.4. The number of para-hydroxylation sites is 1. The highest BCUT2D eigenvalue weighted by Gasteiger charge is 2.26. The van der Waals surface area contributed by atoms with E-state index in [1.54, 1.807) is 12.1 Å². The Labute approximate surface area is 296 Å². The Morgan fingerprint density at radius 2 is 1.43 bits per heavy atom. The second kappa shape index (κ2) is 20.6. The molecule has 0 saturated carbocycles. The van der Waals surface area contributed by atoms with Crippen molar-refractivity contribution in [2.75, 3.05) is 51.8 Å². The van der Waals surface area contributed by atoms with E-state index < -0.39 is 35.7 Å². The van der Waals surface area contributed by atoms with Crippen LogP contribution in [-0.4, -0.2) is 77.0 Å². The summed E-state index contributed by atoms with van der Waals surface area (Å²) in [6.07, 6.45) is 0.670. The van der Waals surface area contributed by atoms with Crippen LogP contribution in [0.15, 0.2) is 87.9 Å². The number of halogens is 1. The molecule has 0 aliphatic rings. The van der Waals surface area contributed by atoms with Crippen molar-refractivity contribution in [2.45, 2.75) is 43.2 Å². The standard InChI is InChI=1S/C33H44FN6O9PS/c1-40(2)27-15-11-25(12-16-27)38-39-26-13-17-28(18-14-26)51(46,47)37-22-24-48-23-19-31(41)35-20-7-3-4-8-21-36-33(42)32(34)29-9-5-6-10-30(29)49-50(43,44)45/h5-6,9-18,32,37H,3-4,7-8,19-24H2,1-2H3,(H,35,41)(H,36,42)(H2,43,44,45)/b39-38+. The Kier molecular flexibility index (Phi) is 16.6. The van der Waals surface area contributed by atoms with Gasteiger partial charge in [0.25, 0.3) is 5.91 Å². The first kappa shape index (κ1) is 41.2. The number of azo groups is 1. The number of alkyl halides is 1. The fourth-order valence-corrected chi connectivity index (χ4v) is 5.92. The largest absolute Gasteiger partial charge is 0.524 e. The molecular formula is C33H44FN6O9PS. The number of benzene rings is 3. The first-order valence-corrected chi connectivity index (χ1v) is 19.2. The molecule has 1 atom stereocenters. The molecule has 0 aromatic heterocycles. The van der Waals surface area contributed by atoms with E-state index in [0.29, 0.717) is 37.2 Å². The molecule has 5 N–H and O–H groups in total. The molecule has 0 heterocycles. The molecule has 0 spiro atoms. The van der Waals surface area contributed by atoms with Gasteiger partial charge in [-0.15, -0.1) is 0 Å². The van der Waals surface area contributed by atoms with Gasteiger partial charge >= 0.3 is 7.82 Å². The van der Waals surface area contributed by atoms with E-state index in [4.69, 9.17) is 14.5 Å². The van der Waals surface area contributed by atoms with Crippen LogP contribution in [0.3, 0.4) is 0 Å². The van der Waals surface area contributed by atoms with Gasteiger partial charge in [0, 0.05) is 51.4 Å². The van der Waals surface area contributed by atoms with E-state index in [1.165, 1.54) is 36.4 Å². The number of phosphoric ester groups is 1. The molecule has 0 aliphatic carbocycles. The second-order valence-electron chi connectivity index (χ2n) is 11.4. The monoisotopic (exact) mass is 750 g/mol. The summed E-state index contributed by atoms with van der Waals surface area (Å²) in [6.45, 7) is 0.874. The number of nitrogens with zero attached hydrogens (tertiary/aromatic N) is 3. The maximum Gasteiger partial charge on any atom is 0.524 e. The summed E-state index contributed by atoms with van der Waals surface area (Å²) < 4.78 is 63.3. The lowest BCUT2D eigenvalue weighted by molar-refractivity contribution is -0.126. The summed E-state index contributed by atoms with van der Waals surface area (Å²) >= 11 is 0. The van der Waals surface area contributed by atoms with Crippen molar-refractivity contribution in [1.82, 2.24) is 15.4 Å². The Hall–Kier alpha value is -4.25. The van der Waals surface area contributed by atoms with Gasteiger partial charge in [0.1, 0.15) is 5.75 Å². The quantitative estimate of drug-likeness (QED) is 0.0537. The van der Waals surface area contributed by atoms with Crippen LogP contribution in [0, 0.1) is 0 Å². The Morgan fingerprint density at radius 1 is 0.843 bits per heavy atom. The van der Waals surface area contributed by atoms with Gasteiger partial charge in [0.05, 0.1) is 29.5 Å². The van der Waals surface area contributed by atoms with Crippen LogP contribution in [0.5, 0.6) is 5.75 Å². The van der Waals surface area contributed by atoms with Gasteiger partial charge in [-0.1, -0.05) is 31.0 Å². The van der Waals surface area contributed by atoms with E-state index in [-0.39, 0.29) is 49.1 Å². The Bertz CT molecular complexity index is 1740. The molecule has 0 radical (unpaired) electrons. The third kappa shape index (κ3) is 15.3. The zero-order valence-corrected chi connectivity index (χ0v) is 30.1. The lowest BCUT2D eigenvalue weighted by Crippen LogP contribution is -2.29. The molecule has 0 bridgehead atoms. The zero-order chi connectivity index (χ0) is 37.3. The van der Waals surface area contributed by atoms with Crippen LogP contribution in [0.25, 0.3) is 0 Å². The SMILES string of the molecule is CN(C)c1ccc(/N=N/c2ccc(S(=O)(=O)NCCOCCC(=O)NCCCCCCNC(=O)C(F)c3ccccc3OP(=O)(O)O)cc2)cc1. The molecule has 3 rings (SSSR count). The number of hydrogen-bond donors (Lipinski definition) is 5. The lowest BCUT2D eigenvalue weighted by Gasteiger charge is -2.15. The molecule has 2 amide bonds. The third-order valence-electron chi connectivity index (χ3n) is 7.17. The van der Waals surface area contributed by atoms with Crippen molar-refractivity contribution in [3.05, 3.63) is 78.4 Å². The van der Waals surface area contributed by atoms with Crippen molar-refractivity contribution in [1.29, 1.82) is 0 Å². The molecule has 278 valence electrons. The normalized spacial score (nSPS) is 12.4. The summed E-state index contributed by atoms with van der Waals surface area (Å²) in [6, 6.07) is 18.7. The van der Waals surface area contributed by atoms with E-state index in [1.807, 2.05) is 43.3 Å². The minimum absolute atomic E-state index is 0.0269. The average molecular weight is 751 g/mol. The minimum atomic E-state index is -4.92. The highest BCUT2D eigenvalue weighted by Crippen LogP contribution is 2.41. The van der Waals surface area contributed by atoms with Gasteiger partial charge in [-0.2, -0.15) is 10.2 Å². The number of ether oxygens (including phenoxy) is 1. The second-order valence-corrected chi connectivity index (χ2v) is 14.3. The number of sulfonamides is 1. The third-order valence-corrected chi connectivity index (χ3v) is 9.08. The van der Waals surface area contributed by atoms with Crippen LogP contribution in [0.1, 0.15) is 43.8 Å². The molecule has 3 aromatic rings. The number of hydrogen-bond acceptors (Lipinski definition) is 10. The maximum atomic E-state index is 14.6. The number of carbonyl (C=O) groups excluding carboxylic acids is 2. The molecule has 51 heavy (non-hydrogen) atoms. The van der Waals surface area contributed by atoms with E-state index in [9.17, 15) is 27.0 Å². The van der Waals surface area contributed by atoms with Crippen molar-refractivity contribution in [3.63, 3.8) is 0 Å². The fraction of sp³-hybridized carbons (Fsp3) is 0.394. The summed E-state index contributed by atoms with van der Waals surface area (Å²) in [5.74, 6) is -1.56. The first-order chi connectivity index (χ1) is 24.2. The van der Waals surface area contributed by atoms with Crippen molar-refractivity contribution in [3.8, 4) is 5.75 Å². The smallest absolute Gasteiger partial charge is 0.404 e. The predicted molar refractivity (Wildman–Crippen MR) is 189 cm³/mol. The minimum Gasteiger partial charge on any atom is -0.404 e. The van der Waals surface area contributed by atoms with Crippen molar-refractivity contribution < 1.29 is 46.0 Å². The summed E-state index contributed by atoms with van der Waals surface area (Å²) in [5.41, 5.74) is 1.92. The molecule has 1 unspecified atom stereocenters. The molecule has 0 fully saturated rings. The van der Waals surface area contributed by atoms with Gasteiger partial charge in [-0.3, -0.25) is 19.4 Å². The van der Waals surface area contributed by atoms with Crippen molar-refractivity contribution >= 4 is 46.7 Å². The maximum absolute atomic E-state index is 14.6. The summed E-state index contributed by atoms with van der Waals surface area (Å²) in [7, 11) is -4.80. The topological polar surface area (TPSA) is 208 Å². The number of carbonyl (C=O) groups is 2. The molecule has 0 aliphatic heterocycles. The number of nitrogens with one attached hydrogen (secondary N) is 3. The first-order valence-electron chi connectivity index (χ1n) is 16.1. The van der Waals surface area contributed by atoms with Gasteiger partial charge in [-0.05, 0) is 67.4 Å². The Balaban J connectivity index is 1.21. The van der Waals surface area contributed by atoms with Crippen LogP contribution >= 0.6 is 7.82 Å². The van der Waals surface area contributed by atoms with Crippen LogP contribution < -0.4 is 24.8 Å². The molecule has 15 nitrogen and oxygen atoms in total. The lowest BCUT2D eigenvalue weighted by atomic mass is 10.1. The number of unbranched alkanes of at least 4 members (excludes halogenated alkanes) is 3. The van der Waals surface area contributed by atoms with E-state index >= 15 is 0 Å². The Morgan fingerprint density at radius 3 is 2.04 bits per heavy atom. The van der Waals surface area contributed by atoms with E-state index in [0.717, 1.165) is 12.1 Å². The van der Waals surface area contributed by atoms with Gasteiger partial charge in [-0.25, -0.2) is 22.1 Å². The van der Waals surface area contributed by atoms with Gasteiger partial charge < -0.3 is 24.8 Å².